The SMILES string of the molecule is CCCCN(C=C1N=C(c2ccccc2)c2cc(Cl)ccc2NC1=O)CCCC. The highest BCUT2D eigenvalue weighted by Crippen LogP contribution is 2.28. The average Bonchev–Trinajstić information content (AvgIpc) is 2.87. The van der Waals surface area contributed by atoms with Crippen LogP contribution in [0.5, 0.6) is 0 Å². The second-order valence-electron chi connectivity index (χ2n) is 7.23. The summed E-state index contributed by atoms with van der Waals surface area (Å²) in [6.45, 7) is 6.19. The van der Waals surface area contributed by atoms with Crippen molar-refractivity contribution in [3.05, 3.63) is 76.6 Å². The van der Waals surface area contributed by atoms with E-state index in [1.54, 1.807) is 6.07 Å². The van der Waals surface area contributed by atoms with Crippen LogP contribution in [-0.2, 0) is 4.79 Å². The summed E-state index contributed by atoms with van der Waals surface area (Å²) in [6.07, 6.45) is 6.30. The van der Waals surface area contributed by atoms with Crippen molar-refractivity contribution in [3.8, 4) is 0 Å². The number of benzodiazepines with no additional fused rings is 1. The van der Waals surface area contributed by atoms with E-state index in [1.165, 1.54) is 0 Å². The number of benzene rings is 2. The zero-order chi connectivity index (χ0) is 20.6. The highest BCUT2D eigenvalue weighted by atomic mass is 35.5. The third kappa shape index (κ3) is 5.48. The van der Waals surface area contributed by atoms with Gasteiger partial charge in [0, 0.05) is 35.4 Å². The molecule has 0 bridgehead atoms. The van der Waals surface area contributed by atoms with Crippen LogP contribution >= 0.6 is 11.6 Å². The van der Waals surface area contributed by atoms with Gasteiger partial charge in [-0.15, -0.1) is 0 Å². The first-order valence-electron chi connectivity index (χ1n) is 10.3. The van der Waals surface area contributed by atoms with E-state index in [0.717, 1.165) is 61.3 Å². The van der Waals surface area contributed by atoms with E-state index >= 15 is 0 Å². The van der Waals surface area contributed by atoms with Gasteiger partial charge in [0.1, 0.15) is 5.70 Å². The standard InChI is InChI=1S/C24H28ClN3O/c1-3-5-14-28(15-6-4-2)17-22-24(29)27-21-13-12-19(25)16-20(21)23(26-22)18-10-8-7-9-11-18/h7-13,16-17H,3-6,14-15H2,1-2H3,(H,27,29). The van der Waals surface area contributed by atoms with Gasteiger partial charge in [0.25, 0.3) is 5.91 Å². The van der Waals surface area contributed by atoms with E-state index in [-0.39, 0.29) is 5.91 Å². The number of anilines is 1. The van der Waals surface area contributed by atoms with Gasteiger partial charge in [0.2, 0.25) is 0 Å². The minimum atomic E-state index is -0.197. The van der Waals surface area contributed by atoms with Crippen LogP contribution in [0.25, 0.3) is 0 Å². The molecule has 0 unspecified atom stereocenters. The number of nitrogens with one attached hydrogen (secondary N) is 1. The van der Waals surface area contributed by atoms with Crippen LogP contribution in [0.1, 0.15) is 50.7 Å². The van der Waals surface area contributed by atoms with Gasteiger partial charge in [-0.25, -0.2) is 4.99 Å². The second kappa shape index (κ2) is 10.3. The number of hydrogen-bond acceptors (Lipinski definition) is 3. The molecule has 1 heterocycles. The molecule has 1 aliphatic rings. The van der Waals surface area contributed by atoms with Gasteiger partial charge in [-0.3, -0.25) is 4.79 Å². The lowest BCUT2D eigenvalue weighted by Gasteiger charge is -2.20. The molecule has 1 amide bonds. The number of halogens is 1. The van der Waals surface area contributed by atoms with Gasteiger partial charge in [-0.05, 0) is 31.0 Å². The molecular formula is C24H28ClN3O. The van der Waals surface area contributed by atoms with Crippen LogP contribution in [0.3, 0.4) is 0 Å². The van der Waals surface area contributed by atoms with Gasteiger partial charge in [-0.1, -0.05) is 68.6 Å². The maximum atomic E-state index is 13.0. The molecule has 0 aromatic heterocycles. The van der Waals surface area contributed by atoms with Gasteiger partial charge in [0.05, 0.1) is 11.4 Å². The van der Waals surface area contributed by atoms with Crippen LogP contribution in [0, 0.1) is 0 Å². The summed E-state index contributed by atoms with van der Waals surface area (Å²) >= 11 is 6.26. The molecule has 3 rings (SSSR count). The zero-order valence-corrected chi connectivity index (χ0v) is 17.9. The molecule has 1 aliphatic heterocycles. The van der Waals surface area contributed by atoms with Crippen LogP contribution < -0.4 is 5.32 Å². The minimum absolute atomic E-state index is 0.197. The summed E-state index contributed by atoms with van der Waals surface area (Å²) in [5.41, 5.74) is 3.67. The molecule has 5 heteroatoms. The van der Waals surface area contributed by atoms with Crippen molar-refractivity contribution in [3.63, 3.8) is 0 Å². The average molecular weight is 410 g/mol. The Morgan fingerprint density at radius 3 is 2.38 bits per heavy atom. The molecule has 0 atom stereocenters. The molecule has 152 valence electrons. The quantitative estimate of drug-likeness (QED) is 0.554. The van der Waals surface area contributed by atoms with Crippen molar-refractivity contribution in [1.82, 2.24) is 4.90 Å². The Bertz CT molecular complexity index is 898. The van der Waals surface area contributed by atoms with Crippen LogP contribution in [-0.4, -0.2) is 29.6 Å². The molecule has 29 heavy (non-hydrogen) atoms. The Kier molecular flexibility index (Phi) is 7.48. The zero-order valence-electron chi connectivity index (χ0n) is 17.1. The second-order valence-corrected chi connectivity index (χ2v) is 7.66. The topological polar surface area (TPSA) is 44.7 Å². The van der Waals surface area contributed by atoms with Gasteiger partial charge in [-0.2, -0.15) is 0 Å². The minimum Gasteiger partial charge on any atom is -0.375 e. The number of hydrogen-bond donors (Lipinski definition) is 1. The van der Waals surface area contributed by atoms with E-state index in [1.807, 2.05) is 48.7 Å². The number of amides is 1. The Balaban J connectivity index is 2.08. The molecule has 0 fully saturated rings. The van der Waals surface area contributed by atoms with Crippen LogP contribution in [0.2, 0.25) is 5.02 Å². The Morgan fingerprint density at radius 1 is 1.03 bits per heavy atom. The first kappa shape index (κ1) is 21.1. The Labute approximate surface area is 178 Å². The normalized spacial score (nSPS) is 14.8. The van der Waals surface area contributed by atoms with E-state index in [4.69, 9.17) is 16.6 Å². The fraction of sp³-hybridized carbons (Fsp3) is 0.333. The predicted octanol–water partition coefficient (Wildman–Crippen LogP) is 5.87. The maximum Gasteiger partial charge on any atom is 0.275 e. The first-order chi connectivity index (χ1) is 14.1. The third-order valence-corrected chi connectivity index (χ3v) is 5.13. The monoisotopic (exact) mass is 409 g/mol. The fourth-order valence-electron chi connectivity index (χ4n) is 3.28. The van der Waals surface area contributed by atoms with Crippen molar-refractivity contribution in [2.24, 2.45) is 4.99 Å². The van der Waals surface area contributed by atoms with Crippen molar-refractivity contribution in [2.45, 2.75) is 39.5 Å². The molecular weight excluding hydrogens is 382 g/mol. The van der Waals surface area contributed by atoms with Crippen molar-refractivity contribution >= 4 is 28.9 Å². The van der Waals surface area contributed by atoms with E-state index in [0.29, 0.717) is 10.7 Å². The lowest BCUT2D eigenvalue weighted by molar-refractivity contribution is -0.112. The Hall–Kier alpha value is -2.59. The molecule has 0 radical (unpaired) electrons. The molecule has 0 saturated carbocycles. The number of nitrogens with zero attached hydrogens (tertiary/aromatic N) is 2. The van der Waals surface area contributed by atoms with Crippen LogP contribution in [0.15, 0.2) is 65.4 Å². The molecule has 0 spiro atoms. The summed E-state index contributed by atoms with van der Waals surface area (Å²) in [5, 5.41) is 3.62. The summed E-state index contributed by atoms with van der Waals surface area (Å²) in [7, 11) is 0. The largest absolute Gasteiger partial charge is 0.375 e. The summed E-state index contributed by atoms with van der Waals surface area (Å²) in [5.74, 6) is -0.197. The van der Waals surface area contributed by atoms with Crippen LogP contribution in [0.4, 0.5) is 5.69 Å². The molecule has 4 nitrogen and oxygen atoms in total. The predicted molar refractivity (Wildman–Crippen MR) is 122 cm³/mol. The number of carbonyl (C=O) groups is 1. The van der Waals surface area contributed by atoms with Gasteiger partial charge < -0.3 is 10.2 Å². The summed E-state index contributed by atoms with van der Waals surface area (Å²) in [4.78, 5) is 20.0. The van der Waals surface area contributed by atoms with E-state index < -0.39 is 0 Å². The number of aliphatic imine (C=N–C) groups is 1. The van der Waals surface area contributed by atoms with Crippen molar-refractivity contribution in [2.75, 3.05) is 18.4 Å². The highest BCUT2D eigenvalue weighted by Gasteiger charge is 2.22. The smallest absolute Gasteiger partial charge is 0.275 e. The summed E-state index contributed by atoms with van der Waals surface area (Å²) < 4.78 is 0. The fourth-order valence-corrected chi connectivity index (χ4v) is 3.45. The number of fused-ring (bicyclic) bond motifs is 1. The lowest BCUT2D eigenvalue weighted by atomic mass is 10.0. The highest BCUT2D eigenvalue weighted by molar-refractivity contribution is 6.32. The van der Waals surface area contributed by atoms with E-state index in [2.05, 4.69) is 24.1 Å². The molecule has 2 aromatic carbocycles. The number of carbonyl (C=O) groups excluding carboxylic acids is 1. The molecule has 0 aliphatic carbocycles. The molecule has 0 saturated heterocycles. The third-order valence-electron chi connectivity index (χ3n) is 4.90. The molecule has 2 aromatic rings. The van der Waals surface area contributed by atoms with E-state index in [9.17, 15) is 4.79 Å². The van der Waals surface area contributed by atoms with Crippen molar-refractivity contribution < 1.29 is 4.79 Å². The summed E-state index contributed by atoms with van der Waals surface area (Å²) in [6, 6.07) is 15.4. The Morgan fingerprint density at radius 2 is 1.72 bits per heavy atom. The molecule has 1 N–H and O–H groups in total. The lowest BCUT2D eigenvalue weighted by Crippen LogP contribution is -2.23. The number of rotatable bonds is 8. The van der Waals surface area contributed by atoms with Gasteiger partial charge >= 0.3 is 0 Å². The van der Waals surface area contributed by atoms with Crippen molar-refractivity contribution in [1.29, 1.82) is 0 Å². The van der Waals surface area contributed by atoms with Gasteiger partial charge in [0.15, 0.2) is 0 Å². The maximum absolute atomic E-state index is 13.0. The first-order valence-corrected chi connectivity index (χ1v) is 10.7. The number of unbranched alkanes of at least 4 members (excludes halogenated alkanes) is 2.